The standard InChI is InChI=1S/C21H20ClN3OS/c22-16-7-5-14(6-8-16)17-3-1-2-4-18(17)24-20(26)19-13-27-21(25-19)15-9-11-23-12-10-15/h1-8,13,15,23H,9-12H2,(H,24,26). The van der Waals surface area contributed by atoms with Gasteiger partial charge in [0.25, 0.3) is 5.91 Å². The summed E-state index contributed by atoms with van der Waals surface area (Å²) >= 11 is 7.57. The number of aromatic nitrogens is 1. The number of hydrogen-bond acceptors (Lipinski definition) is 4. The molecule has 27 heavy (non-hydrogen) atoms. The lowest BCUT2D eigenvalue weighted by atomic mass is 9.99. The fourth-order valence-corrected chi connectivity index (χ4v) is 4.41. The highest BCUT2D eigenvalue weighted by Crippen LogP contribution is 2.30. The lowest BCUT2D eigenvalue weighted by molar-refractivity contribution is 0.102. The van der Waals surface area contributed by atoms with Crippen LogP contribution in [0.1, 0.15) is 34.3 Å². The van der Waals surface area contributed by atoms with Gasteiger partial charge in [-0.05, 0) is 49.7 Å². The van der Waals surface area contributed by atoms with Crippen molar-refractivity contribution in [3.05, 3.63) is 69.6 Å². The molecule has 2 heterocycles. The molecule has 3 aromatic rings. The number of rotatable bonds is 4. The first-order chi connectivity index (χ1) is 13.2. The third kappa shape index (κ3) is 4.21. The van der Waals surface area contributed by atoms with Gasteiger partial charge in [-0.25, -0.2) is 4.98 Å². The molecule has 4 rings (SSSR count). The van der Waals surface area contributed by atoms with E-state index in [4.69, 9.17) is 11.6 Å². The molecule has 1 aromatic heterocycles. The van der Waals surface area contributed by atoms with E-state index in [0.29, 0.717) is 16.6 Å². The van der Waals surface area contributed by atoms with Gasteiger partial charge in [-0.15, -0.1) is 11.3 Å². The summed E-state index contributed by atoms with van der Waals surface area (Å²) in [5.74, 6) is 0.284. The van der Waals surface area contributed by atoms with Gasteiger partial charge in [0.2, 0.25) is 0 Å². The molecule has 1 fully saturated rings. The minimum atomic E-state index is -0.173. The van der Waals surface area contributed by atoms with Gasteiger partial charge in [-0.1, -0.05) is 41.9 Å². The third-order valence-corrected chi connectivity index (χ3v) is 6.03. The summed E-state index contributed by atoms with van der Waals surface area (Å²) < 4.78 is 0. The normalized spacial score (nSPS) is 14.9. The minimum Gasteiger partial charge on any atom is -0.320 e. The number of anilines is 1. The molecule has 1 saturated heterocycles. The molecule has 0 atom stereocenters. The number of nitrogens with one attached hydrogen (secondary N) is 2. The largest absolute Gasteiger partial charge is 0.320 e. The molecule has 0 unspecified atom stereocenters. The Labute approximate surface area is 167 Å². The molecule has 1 aliphatic rings. The first-order valence-electron chi connectivity index (χ1n) is 9.03. The Bertz CT molecular complexity index is 933. The summed E-state index contributed by atoms with van der Waals surface area (Å²) in [6.07, 6.45) is 2.15. The van der Waals surface area contributed by atoms with Crippen molar-refractivity contribution in [1.82, 2.24) is 10.3 Å². The van der Waals surface area contributed by atoms with Crippen LogP contribution in [0.25, 0.3) is 11.1 Å². The van der Waals surface area contributed by atoms with E-state index in [2.05, 4.69) is 15.6 Å². The maximum atomic E-state index is 12.7. The smallest absolute Gasteiger partial charge is 0.275 e. The number of hydrogen-bond donors (Lipinski definition) is 2. The van der Waals surface area contributed by atoms with Gasteiger partial charge >= 0.3 is 0 Å². The highest BCUT2D eigenvalue weighted by Gasteiger charge is 2.20. The summed E-state index contributed by atoms with van der Waals surface area (Å²) in [5, 5.41) is 9.99. The number of piperidine rings is 1. The molecule has 0 aliphatic carbocycles. The van der Waals surface area contributed by atoms with E-state index in [9.17, 15) is 4.79 Å². The molecule has 1 amide bonds. The predicted molar refractivity (Wildman–Crippen MR) is 112 cm³/mol. The van der Waals surface area contributed by atoms with Crippen LogP contribution in [0, 0.1) is 0 Å². The van der Waals surface area contributed by atoms with E-state index in [-0.39, 0.29) is 5.91 Å². The Hall–Kier alpha value is -2.21. The number of benzene rings is 2. The number of halogens is 1. The van der Waals surface area contributed by atoms with Crippen molar-refractivity contribution in [2.45, 2.75) is 18.8 Å². The molecule has 0 saturated carbocycles. The Morgan fingerprint density at radius 3 is 2.63 bits per heavy atom. The first kappa shape index (κ1) is 18.2. The van der Waals surface area contributed by atoms with Crippen molar-refractivity contribution in [3.63, 3.8) is 0 Å². The number of carbonyl (C=O) groups is 1. The van der Waals surface area contributed by atoms with Crippen LogP contribution in [0.4, 0.5) is 5.69 Å². The lowest BCUT2D eigenvalue weighted by Crippen LogP contribution is -2.26. The van der Waals surface area contributed by atoms with Crippen LogP contribution in [0.3, 0.4) is 0 Å². The van der Waals surface area contributed by atoms with E-state index < -0.39 is 0 Å². The molecular formula is C21H20ClN3OS. The molecule has 0 radical (unpaired) electrons. The number of nitrogens with zero attached hydrogens (tertiary/aromatic N) is 1. The maximum absolute atomic E-state index is 12.7. The second kappa shape index (κ2) is 8.21. The monoisotopic (exact) mass is 397 g/mol. The number of amides is 1. The molecule has 1 aliphatic heterocycles. The van der Waals surface area contributed by atoms with Gasteiger partial charge in [0, 0.05) is 27.6 Å². The minimum absolute atomic E-state index is 0.173. The Balaban J connectivity index is 1.53. The summed E-state index contributed by atoms with van der Waals surface area (Å²) in [6, 6.07) is 15.4. The number of para-hydroxylation sites is 1. The maximum Gasteiger partial charge on any atom is 0.275 e. The molecule has 0 spiro atoms. The predicted octanol–water partition coefficient (Wildman–Crippen LogP) is 5.18. The molecule has 138 valence electrons. The summed E-state index contributed by atoms with van der Waals surface area (Å²) in [5.41, 5.74) is 3.21. The third-order valence-electron chi connectivity index (χ3n) is 4.77. The SMILES string of the molecule is O=C(Nc1ccccc1-c1ccc(Cl)cc1)c1csc(C2CCNCC2)n1. The zero-order valence-corrected chi connectivity index (χ0v) is 16.3. The van der Waals surface area contributed by atoms with Crippen molar-refractivity contribution < 1.29 is 4.79 Å². The van der Waals surface area contributed by atoms with Crippen LogP contribution in [-0.2, 0) is 0 Å². The Morgan fingerprint density at radius 1 is 1.11 bits per heavy atom. The fourth-order valence-electron chi connectivity index (χ4n) is 3.31. The molecule has 0 bridgehead atoms. The summed E-state index contributed by atoms with van der Waals surface area (Å²) in [4.78, 5) is 17.4. The average Bonchev–Trinajstić information content (AvgIpc) is 3.20. The zero-order valence-electron chi connectivity index (χ0n) is 14.7. The lowest BCUT2D eigenvalue weighted by Gasteiger charge is -2.20. The Kier molecular flexibility index (Phi) is 5.53. The van der Waals surface area contributed by atoms with Gasteiger partial charge in [0.05, 0.1) is 5.01 Å². The van der Waals surface area contributed by atoms with Crippen molar-refractivity contribution >= 4 is 34.5 Å². The van der Waals surface area contributed by atoms with Crippen LogP contribution >= 0.6 is 22.9 Å². The van der Waals surface area contributed by atoms with Crippen LogP contribution in [0.5, 0.6) is 0 Å². The van der Waals surface area contributed by atoms with Gasteiger partial charge in [0.1, 0.15) is 5.69 Å². The Morgan fingerprint density at radius 2 is 1.85 bits per heavy atom. The quantitative estimate of drug-likeness (QED) is 0.637. The van der Waals surface area contributed by atoms with Crippen LogP contribution in [-0.4, -0.2) is 24.0 Å². The van der Waals surface area contributed by atoms with Crippen LogP contribution in [0.15, 0.2) is 53.9 Å². The van der Waals surface area contributed by atoms with Gasteiger partial charge in [0.15, 0.2) is 0 Å². The molecule has 2 N–H and O–H groups in total. The van der Waals surface area contributed by atoms with Gasteiger partial charge < -0.3 is 10.6 Å². The van der Waals surface area contributed by atoms with Crippen LogP contribution < -0.4 is 10.6 Å². The average molecular weight is 398 g/mol. The molecule has 4 nitrogen and oxygen atoms in total. The van der Waals surface area contributed by atoms with E-state index >= 15 is 0 Å². The molecule has 2 aromatic carbocycles. The summed E-state index contributed by atoms with van der Waals surface area (Å²) in [6.45, 7) is 2.03. The highest BCUT2D eigenvalue weighted by molar-refractivity contribution is 7.10. The van der Waals surface area contributed by atoms with Crippen molar-refractivity contribution in [1.29, 1.82) is 0 Å². The first-order valence-corrected chi connectivity index (χ1v) is 10.3. The highest BCUT2D eigenvalue weighted by atomic mass is 35.5. The topological polar surface area (TPSA) is 54.0 Å². The van der Waals surface area contributed by atoms with Crippen molar-refractivity contribution in [2.75, 3.05) is 18.4 Å². The van der Waals surface area contributed by atoms with E-state index in [1.54, 1.807) is 11.3 Å². The van der Waals surface area contributed by atoms with Gasteiger partial charge in [-0.2, -0.15) is 0 Å². The van der Waals surface area contributed by atoms with E-state index in [0.717, 1.165) is 47.8 Å². The number of thiazole rings is 1. The molecular weight excluding hydrogens is 378 g/mol. The second-order valence-corrected chi connectivity index (χ2v) is 7.93. The fraction of sp³-hybridized carbons (Fsp3) is 0.238. The molecule has 6 heteroatoms. The van der Waals surface area contributed by atoms with E-state index in [1.165, 1.54) is 0 Å². The van der Waals surface area contributed by atoms with Crippen LogP contribution in [0.2, 0.25) is 5.02 Å². The van der Waals surface area contributed by atoms with Crippen molar-refractivity contribution in [2.24, 2.45) is 0 Å². The second-order valence-electron chi connectivity index (χ2n) is 6.60. The zero-order chi connectivity index (χ0) is 18.6. The van der Waals surface area contributed by atoms with Gasteiger partial charge in [-0.3, -0.25) is 4.79 Å². The summed E-state index contributed by atoms with van der Waals surface area (Å²) in [7, 11) is 0. The van der Waals surface area contributed by atoms with Crippen molar-refractivity contribution in [3.8, 4) is 11.1 Å². The van der Waals surface area contributed by atoms with E-state index in [1.807, 2.05) is 53.9 Å². The number of carbonyl (C=O) groups excluding carboxylic acids is 1.